The fourth-order valence-electron chi connectivity index (χ4n) is 11.7. The molecule has 0 radical (unpaired) electrons. The second-order valence-corrected chi connectivity index (χ2v) is 18.5. The van der Waals surface area contributed by atoms with Crippen LogP contribution in [0.2, 0.25) is 0 Å². The quantitative estimate of drug-likeness (QED) is 0.165. The number of hydrogen-bond donors (Lipinski definition) is 0. The normalized spacial score (nSPS) is 14.1. The number of rotatable bonds is 6. The molecule has 1 spiro atoms. The van der Waals surface area contributed by atoms with Crippen LogP contribution in [0.4, 0.5) is 34.1 Å². The van der Waals surface area contributed by atoms with Crippen LogP contribution in [0, 0.1) is 0 Å². The van der Waals surface area contributed by atoms with Crippen LogP contribution in [0.15, 0.2) is 243 Å². The van der Waals surface area contributed by atoms with Crippen LogP contribution in [0.25, 0.3) is 44.5 Å². The lowest BCUT2D eigenvalue weighted by atomic mass is 9.64. The monoisotopic (exact) mass is 842 g/mol. The van der Waals surface area contributed by atoms with Crippen molar-refractivity contribution in [2.24, 2.45) is 0 Å². The molecular weight excluding hydrogens is 797 g/mol. The van der Waals surface area contributed by atoms with Crippen molar-refractivity contribution in [3.63, 3.8) is 0 Å². The fourth-order valence-corrected chi connectivity index (χ4v) is 11.7. The van der Waals surface area contributed by atoms with Gasteiger partial charge in [0.25, 0.3) is 0 Å². The van der Waals surface area contributed by atoms with E-state index in [2.05, 4.69) is 266 Å². The summed E-state index contributed by atoms with van der Waals surface area (Å²) >= 11 is 0. The summed E-state index contributed by atoms with van der Waals surface area (Å²) in [7, 11) is 0. The summed E-state index contributed by atoms with van der Waals surface area (Å²) < 4.78 is 0. The van der Waals surface area contributed by atoms with Gasteiger partial charge in [0.2, 0.25) is 0 Å². The van der Waals surface area contributed by atoms with E-state index in [9.17, 15) is 0 Å². The van der Waals surface area contributed by atoms with Gasteiger partial charge in [-0.05, 0) is 145 Å². The molecule has 0 unspecified atom stereocenters. The van der Waals surface area contributed by atoms with Gasteiger partial charge in [-0.25, -0.2) is 0 Å². The zero-order chi connectivity index (χ0) is 44.0. The van der Waals surface area contributed by atoms with Crippen molar-refractivity contribution in [1.29, 1.82) is 0 Å². The number of para-hydroxylation sites is 3. The van der Waals surface area contributed by atoms with Crippen molar-refractivity contribution in [3.05, 3.63) is 276 Å². The fraction of sp³-hybridized carbons (Fsp3) is 0.0625. The number of hydrogen-bond acceptors (Lipinski definition) is 2. The van der Waals surface area contributed by atoms with Gasteiger partial charge in [-0.3, -0.25) is 0 Å². The third kappa shape index (κ3) is 5.55. The average Bonchev–Trinajstić information content (AvgIpc) is 3.80. The molecular formula is C64H46N2. The van der Waals surface area contributed by atoms with Crippen LogP contribution in [0.1, 0.15) is 47.2 Å². The Morgan fingerprint density at radius 1 is 0.303 bits per heavy atom. The predicted octanol–water partition coefficient (Wildman–Crippen LogP) is 16.9. The molecule has 0 N–H and O–H groups in total. The summed E-state index contributed by atoms with van der Waals surface area (Å²) in [6.45, 7) is 4.71. The molecule has 0 saturated heterocycles. The lowest BCUT2D eigenvalue weighted by molar-refractivity contribution is 0.660. The zero-order valence-electron chi connectivity index (χ0n) is 37.0. The van der Waals surface area contributed by atoms with Gasteiger partial charge in [0.05, 0.1) is 16.8 Å². The van der Waals surface area contributed by atoms with Gasteiger partial charge >= 0.3 is 0 Å². The molecule has 0 bridgehead atoms. The topological polar surface area (TPSA) is 6.48 Å². The highest BCUT2D eigenvalue weighted by atomic mass is 15.2. The molecule has 0 aromatic heterocycles. The average molecular weight is 843 g/mol. The third-order valence-electron chi connectivity index (χ3n) is 14.7. The van der Waals surface area contributed by atoms with E-state index in [-0.39, 0.29) is 5.41 Å². The van der Waals surface area contributed by atoms with Gasteiger partial charge in [0.15, 0.2) is 0 Å². The Hall–Kier alpha value is -8.20. The van der Waals surface area contributed by atoms with Crippen molar-refractivity contribution in [2.45, 2.75) is 24.7 Å². The Morgan fingerprint density at radius 3 is 1.36 bits per heavy atom. The molecule has 13 rings (SSSR count). The maximum atomic E-state index is 2.49. The third-order valence-corrected chi connectivity index (χ3v) is 14.7. The lowest BCUT2D eigenvalue weighted by Gasteiger charge is -2.45. The zero-order valence-corrected chi connectivity index (χ0v) is 37.0. The molecule has 66 heavy (non-hydrogen) atoms. The maximum Gasteiger partial charge on any atom is 0.0755 e. The van der Waals surface area contributed by atoms with Crippen molar-refractivity contribution < 1.29 is 0 Å². The van der Waals surface area contributed by atoms with Crippen LogP contribution < -0.4 is 9.80 Å². The Labute approximate surface area is 387 Å². The minimum Gasteiger partial charge on any atom is -0.310 e. The van der Waals surface area contributed by atoms with Crippen molar-refractivity contribution >= 4 is 34.1 Å². The lowest BCUT2D eigenvalue weighted by Crippen LogP contribution is -2.36. The number of anilines is 6. The van der Waals surface area contributed by atoms with Gasteiger partial charge in [0, 0.05) is 28.2 Å². The molecule has 0 saturated carbocycles. The van der Waals surface area contributed by atoms with Crippen LogP contribution >= 0.6 is 0 Å². The van der Waals surface area contributed by atoms with E-state index < -0.39 is 5.41 Å². The molecule has 0 fully saturated rings. The summed E-state index contributed by atoms with van der Waals surface area (Å²) in [6, 6.07) is 90.0. The van der Waals surface area contributed by atoms with Gasteiger partial charge < -0.3 is 9.80 Å². The highest BCUT2D eigenvalue weighted by Gasteiger charge is 2.52. The van der Waals surface area contributed by atoms with E-state index in [4.69, 9.17) is 0 Å². The number of fused-ring (bicyclic) bond motifs is 12. The van der Waals surface area contributed by atoms with E-state index in [0.29, 0.717) is 0 Å². The van der Waals surface area contributed by atoms with Gasteiger partial charge in [-0.15, -0.1) is 0 Å². The first kappa shape index (κ1) is 38.3. The largest absolute Gasteiger partial charge is 0.310 e. The predicted molar refractivity (Wildman–Crippen MR) is 275 cm³/mol. The highest BCUT2D eigenvalue weighted by Crippen LogP contribution is 2.64. The molecule has 2 aliphatic carbocycles. The first-order chi connectivity index (χ1) is 32.5. The minimum absolute atomic E-state index is 0.0611. The molecule has 2 heteroatoms. The van der Waals surface area contributed by atoms with E-state index in [1.807, 2.05) is 0 Å². The molecule has 0 amide bonds. The Bertz CT molecular complexity index is 3450. The van der Waals surface area contributed by atoms with E-state index in [1.165, 1.54) is 89.3 Å². The highest BCUT2D eigenvalue weighted by molar-refractivity contribution is 5.97. The van der Waals surface area contributed by atoms with Gasteiger partial charge in [-0.2, -0.15) is 0 Å². The second-order valence-electron chi connectivity index (χ2n) is 18.5. The smallest absolute Gasteiger partial charge is 0.0755 e. The summed E-state index contributed by atoms with van der Waals surface area (Å²) in [5.74, 6) is 0. The van der Waals surface area contributed by atoms with Crippen LogP contribution in [-0.4, -0.2) is 0 Å². The Morgan fingerprint density at radius 2 is 0.727 bits per heavy atom. The summed E-state index contributed by atoms with van der Waals surface area (Å²) in [5.41, 5.74) is 24.2. The first-order valence-electron chi connectivity index (χ1n) is 23.1. The molecule has 1 heterocycles. The van der Waals surface area contributed by atoms with Crippen molar-refractivity contribution in [1.82, 2.24) is 0 Å². The molecule has 10 aromatic carbocycles. The molecule has 0 atom stereocenters. The maximum absolute atomic E-state index is 2.49. The number of benzene rings is 10. The first-order valence-corrected chi connectivity index (χ1v) is 23.1. The standard InChI is InChI=1S/C64H46N2/c1-63(2)55-23-11-9-21-51(55)53-39-33-46(41-59(53)63)45-31-36-49(37-32-45)65(48-34-29-44(30-35-48)43-17-5-3-6-18-43)50-38-40-54-52-22-10-12-24-56(52)64(60(54)42-50)57-25-13-15-27-61(57)66(47-19-7-4-8-20-47)62-28-16-14-26-58(62)64/h3-42H,1-2H3. The summed E-state index contributed by atoms with van der Waals surface area (Å²) in [5, 5.41) is 0. The Balaban J connectivity index is 0.988. The molecule has 10 aromatic rings. The second kappa shape index (κ2) is 14.7. The van der Waals surface area contributed by atoms with Crippen LogP contribution in [0.5, 0.6) is 0 Å². The molecule has 1 aliphatic heterocycles. The van der Waals surface area contributed by atoms with Crippen LogP contribution in [-0.2, 0) is 10.8 Å². The SMILES string of the molecule is CC1(C)c2ccccc2-c2ccc(-c3ccc(N(c4ccc(-c5ccccc5)cc4)c4ccc5c(c4)C4(c6ccccc6-5)c5ccccc5N(c5ccccc5)c5ccccc54)cc3)cc21. The molecule has 2 nitrogen and oxygen atoms in total. The van der Waals surface area contributed by atoms with E-state index in [0.717, 1.165) is 22.7 Å². The summed E-state index contributed by atoms with van der Waals surface area (Å²) in [4.78, 5) is 4.89. The summed E-state index contributed by atoms with van der Waals surface area (Å²) in [6.07, 6.45) is 0. The van der Waals surface area contributed by atoms with Crippen LogP contribution in [0.3, 0.4) is 0 Å². The minimum atomic E-state index is -0.561. The number of nitrogens with zero attached hydrogens (tertiary/aromatic N) is 2. The Kier molecular flexibility index (Phi) is 8.51. The van der Waals surface area contributed by atoms with E-state index >= 15 is 0 Å². The van der Waals surface area contributed by atoms with Gasteiger partial charge in [-0.1, -0.05) is 190 Å². The van der Waals surface area contributed by atoms with E-state index in [1.54, 1.807) is 0 Å². The molecule has 312 valence electrons. The van der Waals surface area contributed by atoms with Gasteiger partial charge in [0.1, 0.15) is 0 Å². The molecule has 3 aliphatic rings. The van der Waals surface area contributed by atoms with Crippen molar-refractivity contribution in [2.75, 3.05) is 9.80 Å². The van der Waals surface area contributed by atoms with Crippen molar-refractivity contribution in [3.8, 4) is 44.5 Å².